The van der Waals surface area contributed by atoms with Crippen molar-refractivity contribution in [2.24, 2.45) is 5.10 Å². The highest BCUT2D eigenvalue weighted by Gasteiger charge is 2.03. The van der Waals surface area contributed by atoms with Crippen LogP contribution in [0.2, 0.25) is 5.02 Å². The lowest BCUT2D eigenvalue weighted by atomic mass is 10.2. The number of phenols is 1. The summed E-state index contributed by atoms with van der Waals surface area (Å²) in [6.45, 7) is 1.69. The molecule has 0 aliphatic rings. The number of hydrogen-bond donors (Lipinski definition) is 2. The molecule has 0 saturated heterocycles. The molecule has 0 atom stereocenters. The van der Waals surface area contributed by atoms with E-state index in [1.54, 1.807) is 36.4 Å². The number of nitrogens with one attached hydrogen (secondary N) is 1. The number of halogens is 1. The van der Waals surface area contributed by atoms with E-state index in [0.717, 1.165) is 5.56 Å². The quantitative estimate of drug-likeness (QED) is 0.658. The first-order chi connectivity index (χ1) is 10.6. The van der Waals surface area contributed by atoms with Gasteiger partial charge >= 0.3 is 0 Å². The highest BCUT2D eigenvalue weighted by molar-refractivity contribution is 6.31. The topological polar surface area (TPSA) is 70.9 Å². The second-order valence-electron chi connectivity index (χ2n) is 4.55. The average molecular weight is 319 g/mol. The second kappa shape index (κ2) is 7.47. The number of hydrogen-bond acceptors (Lipinski definition) is 4. The molecule has 5 nitrogen and oxygen atoms in total. The summed E-state index contributed by atoms with van der Waals surface area (Å²) in [6, 6.07) is 11.8. The summed E-state index contributed by atoms with van der Waals surface area (Å²) in [4.78, 5) is 11.6. The van der Waals surface area contributed by atoms with E-state index in [1.165, 1.54) is 12.3 Å². The van der Waals surface area contributed by atoms with Crippen molar-refractivity contribution < 1.29 is 14.6 Å². The number of amides is 1. The van der Waals surface area contributed by atoms with E-state index in [4.69, 9.17) is 16.3 Å². The van der Waals surface area contributed by atoms with E-state index in [-0.39, 0.29) is 12.4 Å². The van der Waals surface area contributed by atoms with Crippen molar-refractivity contribution in [1.29, 1.82) is 0 Å². The molecule has 2 N–H and O–H groups in total. The lowest BCUT2D eigenvalue weighted by Gasteiger charge is -2.06. The van der Waals surface area contributed by atoms with Crippen molar-refractivity contribution in [3.8, 4) is 11.5 Å². The summed E-state index contributed by atoms with van der Waals surface area (Å²) < 4.78 is 5.34. The predicted octanol–water partition coefficient (Wildman–Crippen LogP) is 2.88. The molecule has 0 aliphatic carbocycles. The Morgan fingerprint density at radius 2 is 2.14 bits per heavy atom. The molecule has 6 heteroatoms. The molecule has 0 bridgehead atoms. The number of hydrazone groups is 1. The monoisotopic (exact) mass is 318 g/mol. The van der Waals surface area contributed by atoms with Crippen molar-refractivity contribution >= 4 is 23.7 Å². The van der Waals surface area contributed by atoms with Crippen LogP contribution in [0.1, 0.15) is 11.1 Å². The van der Waals surface area contributed by atoms with E-state index in [0.29, 0.717) is 16.3 Å². The number of benzene rings is 2. The lowest BCUT2D eigenvalue weighted by molar-refractivity contribution is -0.123. The van der Waals surface area contributed by atoms with Gasteiger partial charge in [-0.3, -0.25) is 4.79 Å². The van der Waals surface area contributed by atoms with Gasteiger partial charge in [0.1, 0.15) is 11.5 Å². The van der Waals surface area contributed by atoms with Crippen molar-refractivity contribution in [2.75, 3.05) is 6.61 Å². The van der Waals surface area contributed by atoms with Gasteiger partial charge in [0.25, 0.3) is 5.91 Å². The molecule has 0 aliphatic heterocycles. The first kappa shape index (κ1) is 15.9. The van der Waals surface area contributed by atoms with E-state index >= 15 is 0 Å². The number of aromatic hydroxyl groups is 1. The molecule has 0 fully saturated rings. The summed E-state index contributed by atoms with van der Waals surface area (Å²) >= 11 is 5.91. The molecule has 2 aromatic carbocycles. The fourth-order valence-corrected chi connectivity index (χ4v) is 1.78. The van der Waals surface area contributed by atoms with E-state index in [2.05, 4.69) is 10.5 Å². The molecule has 0 radical (unpaired) electrons. The molecule has 0 aromatic heterocycles. The highest BCUT2D eigenvalue weighted by Crippen LogP contribution is 2.20. The van der Waals surface area contributed by atoms with Crippen LogP contribution in [0, 0.1) is 6.92 Å². The maximum Gasteiger partial charge on any atom is 0.277 e. The molecular formula is C16H15ClN2O3. The Balaban J connectivity index is 1.83. The number of nitrogens with zero attached hydrogens (tertiary/aromatic N) is 1. The Morgan fingerprint density at radius 3 is 2.86 bits per heavy atom. The molecular weight excluding hydrogens is 304 g/mol. The Labute approximate surface area is 133 Å². The number of phenolic OH excluding ortho intramolecular Hbond substituents is 1. The Hall–Kier alpha value is -2.53. The first-order valence-corrected chi connectivity index (χ1v) is 6.93. The zero-order chi connectivity index (χ0) is 15.9. The van der Waals surface area contributed by atoms with Gasteiger partial charge in [0.05, 0.1) is 6.21 Å². The zero-order valence-corrected chi connectivity index (χ0v) is 12.7. The molecule has 2 rings (SSSR count). The number of para-hydroxylation sites is 1. The number of carbonyl (C=O) groups excluding carboxylic acids is 1. The summed E-state index contributed by atoms with van der Waals surface area (Å²) in [5.74, 6) is 0.245. The third kappa shape index (κ3) is 4.49. The second-order valence-corrected chi connectivity index (χ2v) is 4.96. The van der Waals surface area contributed by atoms with Crippen LogP contribution in [0.25, 0.3) is 0 Å². The SMILES string of the molecule is Cc1cc(OCC(=O)N/N=C/c2ccccc2O)ccc1Cl. The highest BCUT2D eigenvalue weighted by atomic mass is 35.5. The maximum absolute atomic E-state index is 11.6. The van der Waals surface area contributed by atoms with Gasteiger partial charge in [-0.25, -0.2) is 5.43 Å². The normalized spacial score (nSPS) is 10.6. The molecule has 0 heterocycles. The van der Waals surface area contributed by atoms with E-state index in [9.17, 15) is 9.90 Å². The predicted molar refractivity (Wildman–Crippen MR) is 85.5 cm³/mol. The van der Waals surface area contributed by atoms with Gasteiger partial charge in [-0.1, -0.05) is 23.7 Å². The van der Waals surface area contributed by atoms with Crippen LogP contribution in [0.15, 0.2) is 47.6 Å². The number of ether oxygens (including phenoxy) is 1. The summed E-state index contributed by atoms with van der Waals surface area (Å²) in [5, 5.41) is 13.9. The maximum atomic E-state index is 11.6. The van der Waals surface area contributed by atoms with Gasteiger partial charge in [0.15, 0.2) is 6.61 Å². The Morgan fingerprint density at radius 1 is 1.36 bits per heavy atom. The molecule has 0 unspecified atom stereocenters. The van der Waals surface area contributed by atoms with Gasteiger partial charge in [0.2, 0.25) is 0 Å². The first-order valence-electron chi connectivity index (χ1n) is 6.55. The largest absolute Gasteiger partial charge is 0.507 e. The summed E-state index contributed by atoms with van der Waals surface area (Å²) in [5.41, 5.74) is 3.71. The zero-order valence-electron chi connectivity index (χ0n) is 11.9. The van der Waals surface area contributed by atoms with Crippen molar-refractivity contribution in [2.45, 2.75) is 6.92 Å². The van der Waals surface area contributed by atoms with Crippen LogP contribution in [0.4, 0.5) is 0 Å². The Kier molecular flexibility index (Phi) is 5.38. The smallest absolute Gasteiger partial charge is 0.277 e. The third-order valence-electron chi connectivity index (χ3n) is 2.83. The van der Waals surface area contributed by atoms with Crippen LogP contribution in [0.5, 0.6) is 11.5 Å². The van der Waals surface area contributed by atoms with E-state index < -0.39 is 5.91 Å². The van der Waals surface area contributed by atoms with E-state index in [1.807, 2.05) is 6.92 Å². The third-order valence-corrected chi connectivity index (χ3v) is 3.25. The summed E-state index contributed by atoms with van der Waals surface area (Å²) in [6.07, 6.45) is 1.36. The minimum absolute atomic E-state index is 0.0911. The molecule has 114 valence electrons. The van der Waals surface area contributed by atoms with Crippen LogP contribution in [0.3, 0.4) is 0 Å². The van der Waals surface area contributed by atoms with Crippen LogP contribution >= 0.6 is 11.6 Å². The number of aryl methyl sites for hydroxylation is 1. The molecule has 0 saturated carbocycles. The van der Waals surface area contributed by atoms with Crippen LogP contribution < -0.4 is 10.2 Å². The molecule has 2 aromatic rings. The number of rotatable bonds is 5. The van der Waals surface area contributed by atoms with Gasteiger partial charge < -0.3 is 9.84 Å². The van der Waals surface area contributed by atoms with Crippen molar-refractivity contribution in [3.63, 3.8) is 0 Å². The van der Waals surface area contributed by atoms with Gasteiger partial charge in [-0.2, -0.15) is 5.10 Å². The lowest BCUT2D eigenvalue weighted by Crippen LogP contribution is -2.24. The minimum atomic E-state index is -0.403. The van der Waals surface area contributed by atoms with Gasteiger partial charge in [-0.05, 0) is 42.8 Å². The fourth-order valence-electron chi connectivity index (χ4n) is 1.66. The summed E-state index contributed by atoms with van der Waals surface area (Å²) in [7, 11) is 0. The van der Waals surface area contributed by atoms with Crippen molar-refractivity contribution in [1.82, 2.24) is 5.43 Å². The fraction of sp³-hybridized carbons (Fsp3) is 0.125. The van der Waals surface area contributed by atoms with Gasteiger partial charge in [-0.15, -0.1) is 0 Å². The van der Waals surface area contributed by atoms with Crippen molar-refractivity contribution in [3.05, 3.63) is 58.6 Å². The minimum Gasteiger partial charge on any atom is -0.507 e. The molecule has 1 amide bonds. The molecule has 22 heavy (non-hydrogen) atoms. The standard InChI is InChI=1S/C16H15ClN2O3/c1-11-8-13(6-7-14(11)17)22-10-16(21)19-18-9-12-4-2-3-5-15(12)20/h2-9,20H,10H2,1H3,(H,19,21)/b18-9+. The van der Waals surface area contributed by atoms with Gasteiger partial charge in [0, 0.05) is 10.6 Å². The Bertz CT molecular complexity index is 702. The van der Waals surface area contributed by atoms with Crippen LogP contribution in [-0.4, -0.2) is 23.8 Å². The van der Waals surface area contributed by atoms with Crippen LogP contribution in [-0.2, 0) is 4.79 Å². The number of carbonyl (C=O) groups is 1. The average Bonchev–Trinajstić information content (AvgIpc) is 2.50. The molecule has 0 spiro atoms.